The van der Waals surface area contributed by atoms with Gasteiger partial charge in [0.15, 0.2) is 11.6 Å². The number of ether oxygens (including phenoxy) is 1. The van der Waals surface area contributed by atoms with Gasteiger partial charge in [-0.2, -0.15) is 5.10 Å². The minimum absolute atomic E-state index is 0.206. The Hall–Kier alpha value is -4.69. The van der Waals surface area contributed by atoms with Crippen molar-refractivity contribution in [1.29, 1.82) is 0 Å². The number of piperazine rings is 1. The van der Waals surface area contributed by atoms with Gasteiger partial charge in [0.05, 0.1) is 29.7 Å². The van der Waals surface area contributed by atoms with Crippen LogP contribution < -0.4 is 15.4 Å². The minimum Gasteiger partial charge on any atom is -0.493 e. The highest BCUT2D eigenvalue weighted by molar-refractivity contribution is 5.92. The fraction of sp³-hybridized carbons (Fsp3) is 0.321. The predicted octanol–water partition coefficient (Wildman–Crippen LogP) is 2.39. The van der Waals surface area contributed by atoms with Crippen molar-refractivity contribution in [2.24, 2.45) is 0 Å². The monoisotopic (exact) mass is 580 g/mol. The minimum atomic E-state index is -1.12. The number of benzene rings is 2. The van der Waals surface area contributed by atoms with Crippen molar-refractivity contribution in [3.05, 3.63) is 66.8 Å². The van der Waals surface area contributed by atoms with E-state index in [0.717, 1.165) is 37.5 Å². The van der Waals surface area contributed by atoms with E-state index in [0.29, 0.717) is 42.5 Å². The maximum atomic E-state index is 13.8. The molecule has 2 amide bonds. The molecule has 12 nitrogen and oxygen atoms in total. The van der Waals surface area contributed by atoms with Gasteiger partial charge in [-0.1, -0.05) is 6.07 Å². The Bertz CT molecular complexity index is 1560. The lowest BCUT2D eigenvalue weighted by Gasteiger charge is -2.34. The first-order valence-electron chi connectivity index (χ1n) is 13.4. The molecule has 0 bridgehead atoms. The van der Waals surface area contributed by atoms with Crippen LogP contribution in [0.3, 0.4) is 0 Å². The van der Waals surface area contributed by atoms with Gasteiger partial charge in [-0.25, -0.2) is 18.7 Å². The highest BCUT2D eigenvalue weighted by Gasteiger charge is 2.20. The van der Waals surface area contributed by atoms with Gasteiger partial charge < -0.3 is 25.4 Å². The van der Waals surface area contributed by atoms with E-state index >= 15 is 0 Å². The molecule has 0 saturated carbocycles. The number of aromatic nitrogens is 4. The Morgan fingerprint density at radius 1 is 1.07 bits per heavy atom. The third-order valence-corrected chi connectivity index (χ3v) is 6.78. The van der Waals surface area contributed by atoms with Crippen LogP contribution in [0.15, 0.2) is 55.1 Å². The van der Waals surface area contributed by atoms with Gasteiger partial charge in [0.2, 0.25) is 11.8 Å². The zero-order chi connectivity index (χ0) is 29.5. The molecule has 1 fully saturated rings. The quantitative estimate of drug-likeness (QED) is 0.228. The molecule has 5 rings (SSSR count). The first-order valence-corrected chi connectivity index (χ1v) is 13.4. The summed E-state index contributed by atoms with van der Waals surface area (Å²) in [7, 11) is 0. The van der Waals surface area contributed by atoms with E-state index in [9.17, 15) is 18.4 Å². The van der Waals surface area contributed by atoms with Gasteiger partial charge in [0, 0.05) is 50.4 Å². The number of anilines is 3. The van der Waals surface area contributed by atoms with E-state index in [1.54, 1.807) is 11.1 Å². The fourth-order valence-electron chi connectivity index (χ4n) is 4.61. The number of nitrogens with zero attached hydrogens (tertiary/aromatic N) is 6. The van der Waals surface area contributed by atoms with Crippen LogP contribution in [0.4, 0.5) is 26.0 Å². The average Bonchev–Trinajstić information content (AvgIpc) is 3.44. The Kier molecular flexibility index (Phi) is 9.14. The number of carbonyl (C=O) groups is 2. The molecule has 1 aliphatic heterocycles. The molecule has 2 aromatic heterocycles. The summed E-state index contributed by atoms with van der Waals surface area (Å²) >= 11 is 0. The highest BCUT2D eigenvalue weighted by atomic mass is 19.2. The maximum Gasteiger partial charge on any atom is 0.248 e. The summed E-state index contributed by atoms with van der Waals surface area (Å²) in [6.07, 6.45) is 5.37. The average molecular weight is 581 g/mol. The topological polar surface area (TPSA) is 138 Å². The lowest BCUT2D eigenvalue weighted by Crippen LogP contribution is -2.49. The lowest BCUT2D eigenvalue weighted by atomic mass is 10.2. The number of rotatable bonds is 11. The molecule has 220 valence electrons. The van der Waals surface area contributed by atoms with Crippen LogP contribution in [-0.4, -0.2) is 92.4 Å². The number of halogens is 2. The van der Waals surface area contributed by atoms with Gasteiger partial charge in [-0.05, 0) is 30.7 Å². The maximum absolute atomic E-state index is 13.8. The van der Waals surface area contributed by atoms with E-state index in [-0.39, 0.29) is 18.1 Å². The van der Waals surface area contributed by atoms with Crippen LogP contribution in [0.2, 0.25) is 0 Å². The Labute approximate surface area is 239 Å². The third-order valence-electron chi connectivity index (χ3n) is 6.78. The third kappa shape index (κ3) is 7.14. The van der Waals surface area contributed by atoms with Gasteiger partial charge in [0.25, 0.3) is 0 Å². The highest BCUT2D eigenvalue weighted by Crippen LogP contribution is 2.26. The summed E-state index contributed by atoms with van der Waals surface area (Å²) in [4.78, 5) is 36.5. The van der Waals surface area contributed by atoms with Crippen molar-refractivity contribution >= 4 is 39.9 Å². The normalized spacial score (nSPS) is 13.7. The van der Waals surface area contributed by atoms with Gasteiger partial charge in [-0.15, -0.1) is 0 Å². The largest absolute Gasteiger partial charge is 0.493 e. The molecule has 0 aliphatic carbocycles. The SMILES string of the molecule is O=C(Cn1cc(Nc2ncnc3cc(OCCCN4CCN(C(=O)CO)CC4)ccc23)cn1)Nc1cccc(F)c1F. The first-order chi connectivity index (χ1) is 20.4. The second-order valence-electron chi connectivity index (χ2n) is 9.68. The van der Waals surface area contributed by atoms with Gasteiger partial charge in [-0.3, -0.25) is 19.2 Å². The standard InChI is InChI=1S/C28H30F2N8O4/c29-22-3-1-4-23(27(22)30)35-25(40)16-38-15-19(14-33-38)34-28-21-6-5-20(13-24(21)31-18-32-28)42-12-2-7-36-8-10-37(11-9-36)26(41)17-39/h1,3-6,13-15,18,39H,2,7-12,16-17H2,(H,35,40)(H,31,32,34). The zero-order valence-electron chi connectivity index (χ0n) is 22.7. The Balaban J connectivity index is 1.12. The molecule has 0 radical (unpaired) electrons. The molecule has 0 atom stereocenters. The van der Waals surface area contributed by atoms with E-state index in [2.05, 4.69) is 30.6 Å². The van der Waals surface area contributed by atoms with Crippen LogP contribution in [-0.2, 0) is 16.1 Å². The van der Waals surface area contributed by atoms with Crippen LogP contribution in [0.1, 0.15) is 6.42 Å². The second kappa shape index (κ2) is 13.3. The van der Waals surface area contributed by atoms with Crippen molar-refractivity contribution in [2.75, 3.05) is 56.6 Å². The first kappa shape index (κ1) is 28.8. The van der Waals surface area contributed by atoms with E-state index in [4.69, 9.17) is 9.84 Å². The van der Waals surface area contributed by atoms with Crippen molar-refractivity contribution in [3.8, 4) is 5.75 Å². The van der Waals surface area contributed by atoms with Crippen LogP contribution in [0, 0.1) is 11.6 Å². The Morgan fingerprint density at radius 3 is 2.71 bits per heavy atom. The van der Waals surface area contributed by atoms with Gasteiger partial charge in [0.1, 0.15) is 31.0 Å². The smallest absolute Gasteiger partial charge is 0.248 e. The molecular weight excluding hydrogens is 550 g/mol. The molecule has 14 heteroatoms. The Morgan fingerprint density at radius 2 is 1.90 bits per heavy atom. The van der Waals surface area contributed by atoms with Crippen molar-refractivity contribution < 1.29 is 28.2 Å². The molecule has 3 N–H and O–H groups in total. The summed E-state index contributed by atoms with van der Waals surface area (Å²) < 4.78 is 34.5. The number of hydrogen-bond donors (Lipinski definition) is 3. The van der Waals surface area contributed by atoms with Crippen molar-refractivity contribution in [3.63, 3.8) is 0 Å². The van der Waals surface area contributed by atoms with Crippen molar-refractivity contribution in [1.82, 2.24) is 29.5 Å². The number of amides is 2. The zero-order valence-corrected chi connectivity index (χ0v) is 22.7. The predicted molar refractivity (Wildman–Crippen MR) is 150 cm³/mol. The summed E-state index contributed by atoms with van der Waals surface area (Å²) in [5, 5.41) is 19.4. The van der Waals surface area contributed by atoms with Crippen LogP contribution >= 0.6 is 0 Å². The number of aliphatic hydroxyl groups is 1. The molecule has 0 unspecified atom stereocenters. The molecular formula is C28H30F2N8O4. The molecule has 42 heavy (non-hydrogen) atoms. The summed E-state index contributed by atoms with van der Waals surface area (Å²) in [6.45, 7) is 3.51. The number of hydrogen-bond acceptors (Lipinski definition) is 9. The van der Waals surface area contributed by atoms with E-state index in [1.807, 2.05) is 18.2 Å². The van der Waals surface area contributed by atoms with Crippen LogP contribution in [0.25, 0.3) is 10.9 Å². The van der Waals surface area contributed by atoms with Crippen LogP contribution in [0.5, 0.6) is 5.75 Å². The summed E-state index contributed by atoms with van der Waals surface area (Å²) in [5.74, 6) is -1.74. The second-order valence-corrected chi connectivity index (χ2v) is 9.68. The number of aliphatic hydroxyl groups excluding tert-OH is 1. The number of carbonyl (C=O) groups excluding carboxylic acids is 2. The molecule has 4 aromatic rings. The number of fused-ring (bicyclic) bond motifs is 1. The molecule has 1 aliphatic rings. The summed E-state index contributed by atoms with van der Waals surface area (Å²) in [6, 6.07) is 9.09. The molecule has 1 saturated heterocycles. The van der Waals surface area contributed by atoms with Gasteiger partial charge >= 0.3 is 0 Å². The van der Waals surface area contributed by atoms with E-state index in [1.165, 1.54) is 29.3 Å². The molecule has 2 aromatic carbocycles. The van der Waals surface area contributed by atoms with Crippen molar-refractivity contribution in [2.45, 2.75) is 13.0 Å². The number of nitrogens with one attached hydrogen (secondary N) is 2. The fourth-order valence-corrected chi connectivity index (χ4v) is 4.61. The molecule has 0 spiro atoms. The lowest BCUT2D eigenvalue weighted by molar-refractivity contribution is -0.135. The van der Waals surface area contributed by atoms with E-state index < -0.39 is 24.1 Å². The molecule has 3 heterocycles. The summed E-state index contributed by atoms with van der Waals surface area (Å²) in [5.41, 5.74) is 1.01.